The normalized spacial score (nSPS) is 15.4. The van der Waals surface area contributed by atoms with E-state index >= 15 is 0 Å². The van der Waals surface area contributed by atoms with Crippen LogP contribution in [0.25, 0.3) is 54.9 Å². The molecule has 2 heteroatoms. The lowest BCUT2D eigenvalue weighted by molar-refractivity contribution is 0.590. The Labute approximate surface area is 496 Å². The molecule has 0 aromatic heterocycles. The van der Waals surface area contributed by atoms with E-state index in [2.05, 4.69) is 316 Å². The fraction of sp³-hybridized carbons (Fsp3) is 0.309. The summed E-state index contributed by atoms with van der Waals surface area (Å²) in [5, 5.41) is 5.11. The fourth-order valence-corrected chi connectivity index (χ4v) is 14.5. The third kappa shape index (κ3) is 8.46. The van der Waals surface area contributed by atoms with Gasteiger partial charge in [-0.25, -0.2) is 0 Å². The first-order valence-corrected chi connectivity index (χ1v) is 30.5. The van der Waals surface area contributed by atoms with E-state index in [9.17, 15) is 0 Å². The molecule has 3 aliphatic carbocycles. The molecule has 418 valence electrons. The number of rotatable bonds is 6. The van der Waals surface area contributed by atoms with Gasteiger partial charge in [0.15, 0.2) is 0 Å². The summed E-state index contributed by atoms with van der Waals surface area (Å²) in [5.41, 5.74) is 28.4. The molecule has 0 heterocycles. The van der Waals surface area contributed by atoms with Gasteiger partial charge in [0, 0.05) is 49.8 Å². The average Bonchev–Trinajstić information content (AvgIpc) is 1.59. The average molecular weight is 1090 g/mol. The minimum Gasteiger partial charge on any atom is -0.310 e. The molecule has 0 bridgehead atoms. The van der Waals surface area contributed by atoms with Crippen LogP contribution in [0.1, 0.15) is 180 Å². The van der Waals surface area contributed by atoms with Gasteiger partial charge in [-0.05, 0) is 206 Å². The molecule has 10 aromatic carbocycles. The van der Waals surface area contributed by atoms with E-state index < -0.39 is 0 Å². The Morgan fingerprint density at radius 1 is 0.253 bits per heavy atom. The van der Waals surface area contributed by atoms with Crippen molar-refractivity contribution in [1.29, 1.82) is 0 Å². The maximum Gasteiger partial charge on any atom is 0.0543 e. The van der Waals surface area contributed by atoms with Crippen LogP contribution in [0.5, 0.6) is 0 Å². The summed E-state index contributed by atoms with van der Waals surface area (Å²) >= 11 is 0. The van der Waals surface area contributed by atoms with Gasteiger partial charge in [0.05, 0.1) is 11.4 Å². The van der Waals surface area contributed by atoms with Gasteiger partial charge >= 0.3 is 0 Å². The molecule has 2 nitrogen and oxygen atoms in total. The monoisotopic (exact) mass is 1080 g/mol. The van der Waals surface area contributed by atoms with Gasteiger partial charge in [-0.2, -0.15) is 0 Å². The molecule has 0 unspecified atom stereocenters. The molecule has 13 rings (SSSR count). The number of fused-ring (bicyclic) bond motifs is 13. The van der Waals surface area contributed by atoms with E-state index in [1.807, 2.05) is 0 Å². The van der Waals surface area contributed by atoms with Crippen molar-refractivity contribution in [3.05, 3.63) is 238 Å². The summed E-state index contributed by atoms with van der Waals surface area (Å²) in [6, 6.07) is 71.2. The Kier molecular flexibility index (Phi) is 11.9. The second-order valence-corrected chi connectivity index (χ2v) is 30.3. The fourth-order valence-electron chi connectivity index (χ4n) is 14.5. The largest absolute Gasteiger partial charge is 0.310 e. The first-order chi connectivity index (χ1) is 39.0. The van der Waals surface area contributed by atoms with Gasteiger partial charge in [0.1, 0.15) is 0 Å². The second kappa shape index (κ2) is 18.2. The van der Waals surface area contributed by atoms with Crippen molar-refractivity contribution in [2.24, 2.45) is 0 Å². The van der Waals surface area contributed by atoms with Crippen molar-refractivity contribution in [2.75, 3.05) is 9.80 Å². The zero-order valence-corrected chi connectivity index (χ0v) is 52.7. The predicted molar refractivity (Wildman–Crippen MR) is 358 cm³/mol. The Morgan fingerprint density at radius 2 is 0.482 bits per heavy atom. The van der Waals surface area contributed by atoms with Crippen LogP contribution in [0.2, 0.25) is 0 Å². The lowest BCUT2D eigenvalue weighted by Crippen LogP contribution is -2.18. The Hall–Kier alpha value is -7.68. The maximum absolute atomic E-state index is 2.61. The number of anilines is 6. The van der Waals surface area contributed by atoms with E-state index in [-0.39, 0.29) is 37.9 Å². The van der Waals surface area contributed by atoms with Crippen LogP contribution in [0.3, 0.4) is 0 Å². The van der Waals surface area contributed by atoms with E-state index in [4.69, 9.17) is 0 Å². The molecular formula is C81H84N2. The van der Waals surface area contributed by atoms with Crippen LogP contribution < -0.4 is 9.80 Å². The smallest absolute Gasteiger partial charge is 0.0543 e. The van der Waals surface area contributed by atoms with Crippen molar-refractivity contribution in [1.82, 2.24) is 0 Å². The molecule has 0 spiro atoms. The summed E-state index contributed by atoms with van der Waals surface area (Å²) in [6.45, 7) is 42.4. The first-order valence-electron chi connectivity index (χ1n) is 30.5. The topological polar surface area (TPSA) is 6.48 Å². The lowest BCUT2D eigenvalue weighted by Gasteiger charge is -2.31. The van der Waals surface area contributed by atoms with Crippen LogP contribution >= 0.6 is 0 Å². The predicted octanol–water partition coefficient (Wildman–Crippen LogP) is 23.0. The van der Waals surface area contributed by atoms with Crippen LogP contribution in [0.4, 0.5) is 34.1 Å². The van der Waals surface area contributed by atoms with Gasteiger partial charge < -0.3 is 9.80 Å². The summed E-state index contributed by atoms with van der Waals surface area (Å²) < 4.78 is 0. The van der Waals surface area contributed by atoms with Gasteiger partial charge in [-0.1, -0.05) is 222 Å². The van der Waals surface area contributed by atoms with Gasteiger partial charge in [-0.15, -0.1) is 0 Å². The van der Waals surface area contributed by atoms with E-state index in [1.165, 1.54) is 122 Å². The number of hydrogen-bond donors (Lipinski definition) is 0. The molecule has 0 aliphatic heterocycles. The van der Waals surface area contributed by atoms with Crippen molar-refractivity contribution in [3.63, 3.8) is 0 Å². The lowest BCUT2D eigenvalue weighted by atomic mass is 9.78. The highest BCUT2D eigenvalue weighted by Crippen LogP contribution is 2.62. The van der Waals surface area contributed by atoms with Crippen molar-refractivity contribution in [2.45, 2.75) is 163 Å². The van der Waals surface area contributed by atoms with Crippen LogP contribution in [0.15, 0.2) is 182 Å². The van der Waals surface area contributed by atoms with Gasteiger partial charge in [0.2, 0.25) is 0 Å². The zero-order chi connectivity index (χ0) is 58.9. The molecule has 10 aromatic rings. The maximum atomic E-state index is 2.61. The van der Waals surface area contributed by atoms with E-state index in [1.54, 1.807) is 0 Å². The second-order valence-electron chi connectivity index (χ2n) is 30.3. The third-order valence-corrected chi connectivity index (χ3v) is 19.7. The van der Waals surface area contributed by atoms with Gasteiger partial charge in [-0.3, -0.25) is 0 Å². The van der Waals surface area contributed by atoms with Crippen LogP contribution in [-0.2, 0) is 37.9 Å². The SMILES string of the molecule is CC(C)(C)c1ccc(N(c2ccc(C(C)(C)C)cc2)c2cc3c(c4ccccc24)-c2cc4c(cc2C3(C)C)-c2cc3c(cc2C4(C)C)-c2c(cc(N(c4ccc(C(C)(C)C)cc4)c4ccc(C(C)(C)C)cc4)c4ccccc24)C3(C)C)cc1. The summed E-state index contributed by atoms with van der Waals surface area (Å²) in [5.74, 6) is 0. The minimum atomic E-state index is -0.281. The summed E-state index contributed by atoms with van der Waals surface area (Å²) in [6.07, 6.45) is 0. The quantitative estimate of drug-likeness (QED) is 0.164. The number of benzene rings is 10. The third-order valence-electron chi connectivity index (χ3n) is 19.7. The molecule has 3 aliphatic rings. The highest BCUT2D eigenvalue weighted by Gasteiger charge is 2.46. The molecule has 0 atom stereocenters. The van der Waals surface area contributed by atoms with Gasteiger partial charge in [0.25, 0.3) is 0 Å². The molecule has 0 saturated heterocycles. The van der Waals surface area contributed by atoms with E-state index in [0.717, 1.165) is 22.7 Å². The molecule has 0 amide bonds. The molecule has 0 radical (unpaired) electrons. The van der Waals surface area contributed by atoms with Crippen molar-refractivity contribution in [3.8, 4) is 33.4 Å². The van der Waals surface area contributed by atoms with Crippen LogP contribution in [-0.4, -0.2) is 0 Å². The van der Waals surface area contributed by atoms with Crippen LogP contribution in [0, 0.1) is 0 Å². The molecule has 0 saturated carbocycles. The Morgan fingerprint density at radius 3 is 0.747 bits per heavy atom. The first kappa shape index (κ1) is 54.6. The minimum absolute atomic E-state index is 0.0478. The molecule has 0 N–H and O–H groups in total. The molecule has 0 fully saturated rings. The summed E-state index contributed by atoms with van der Waals surface area (Å²) in [7, 11) is 0. The van der Waals surface area contributed by atoms with Crippen molar-refractivity contribution >= 4 is 55.7 Å². The number of hydrogen-bond acceptors (Lipinski definition) is 2. The standard InChI is InChI=1S/C81H84N2/c1-75(2,3)49-27-35-53(36-28-49)82(54-37-29-50(30-38-54)76(4,5)6)71-47-69-73(59-25-21-19-23-57(59)71)63-45-65-61(43-67(63)80(69,15)16)62-44-68-64(46-66(62)79(65,13)14)74-60-26-22-20-24-58(60)72(48-70(74)81(68,17)18)83(55-39-31-51(32-40-55)77(7,8)9)56-41-33-52(34-42-56)78(10,11)12/h19-48H,1-18H3. The highest BCUT2D eigenvalue weighted by molar-refractivity contribution is 6.12. The Balaban J connectivity index is 0.958. The Bertz CT molecular complexity index is 3870. The number of nitrogens with zero attached hydrogens (tertiary/aromatic N) is 2. The highest BCUT2D eigenvalue weighted by atomic mass is 15.1. The van der Waals surface area contributed by atoms with Crippen molar-refractivity contribution < 1.29 is 0 Å². The molecular weight excluding hydrogens is 1000 g/mol. The summed E-state index contributed by atoms with van der Waals surface area (Å²) in [4.78, 5) is 5.02. The van der Waals surface area contributed by atoms with E-state index in [0.29, 0.717) is 0 Å². The molecule has 83 heavy (non-hydrogen) atoms. The zero-order valence-electron chi connectivity index (χ0n) is 52.7.